The van der Waals surface area contributed by atoms with Gasteiger partial charge in [-0.2, -0.15) is 0 Å². The Morgan fingerprint density at radius 1 is 1.50 bits per heavy atom. The molecule has 0 aliphatic rings. The summed E-state index contributed by atoms with van der Waals surface area (Å²) in [6.07, 6.45) is 5.06. The van der Waals surface area contributed by atoms with E-state index in [9.17, 15) is 4.79 Å². The van der Waals surface area contributed by atoms with Gasteiger partial charge in [-0.15, -0.1) is 0 Å². The number of methoxy groups -OCH3 is 1. The summed E-state index contributed by atoms with van der Waals surface area (Å²) in [5.74, 6) is 0.538. The average molecular weight is 189 g/mol. The van der Waals surface area contributed by atoms with E-state index in [1.165, 1.54) is 6.08 Å². The molecule has 0 fully saturated rings. The van der Waals surface area contributed by atoms with E-state index in [0.29, 0.717) is 11.3 Å². The van der Waals surface area contributed by atoms with E-state index in [-0.39, 0.29) is 5.78 Å². The molecule has 14 heavy (non-hydrogen) atoms. The van der Waals surface area contributed by atoms with E-state index in [1.807, 2.05) is 19.1 Å². The fourth-order valence-corrected chi connectivity index (χ4v) is 1.12. The molecule has 0 unspecified atom stereocenters. The van der Waals surface area contributed by atoms with E-state index >= 15 is 0 Å². The monoisotopic (exact) mass is 189 g/mol. The van der Waals surface area contributed by atoms with Crippen LogP contribution in [0, 0.1) is 6.08 Å². The quantitative estimate of drug-likeness (QED) is 0.537. The summed E-state index contributed by atoms with van der Waals surface area (Å²) in [5.41, 5.74) is 0.580. The summed E-state index contributed by atoms with van der Waals surface area (Å²) in [5, 5.41) is 0. The van der Waals surface area contributed by atoms with Crippen LogP contribution in [0.1, 0.15) is 23.7 Å². The van der Waals surface area contributed by atoms with Crippen molar-refractivity contribution in [3.63, 3.8) is 0 Å². The second-order valence-corrected chi connectivity index (χ2v) is 2.77. The van der Waals surface area contributed by atoms with Gasteiger partial charge in [0.05, 0.1) is 12.7 Å². The van der Waals surface area contributed by atoms with Crippen molar-refractivity contribution in [1.82, 2.24) is 0 Å². The Labute approximate surface area is 84.2 Å². The molecule has 73 valence electrons. The maximum atomic E-state index is 11.6. The molecule has 2 nitrogen and oxygen atoms in total. The van der Waals surface area contributed by atoms with Gasteiger partial charge in [-0.05, 0) is 30.7 Å². The molecule has 1 aromatic carbocycles. The fraction of sp³-hybridized carbons (Fsp3) is 0.250. The fourth-order valence-electron chi connectivity index (χ4n) is 1.12. The number of carbonyl (C=O) groups excluding carboxylic acids is 1. The van der Waals surface area contributed by atoms with Crippen LogP contribution < -0.4 is 4.74 Å². The van der Waals surface area contributed by atoms with Crippen LogP contribution in [0.3, 0.4) is 0 Å². The van der Waals surface area contributed by atoms with Crippen molar-refractivity contribution in [2.24, 2.45) is 0 Å². The van der Waals surface area contributed by atoms with Crippen molar-refractivity contribution in [3.8, 4) is 5.75 Å². The lowest BCUT2D eigenvalue weighted by Gasteiger charge is -2.03. The summed E-state index contributed by atoms with van der Waals surface area (Å²) in [6, 6.07) is 7.17. The minimum absolute atomic E-state index is 0.0655. The van der Waals surface area contributed by atoms with Gasteiger partial charge in [-0.25, -0.2) is 0 Å². The summed E-state index contributed by atoms with van der Waals surface area (Å²) in [4.78, 5) is 11.6. The first kappa shape index (κ1) is 10.5. The van der Waals surface area contributed by atoms with Crippen LogP contribution in [0.4, 0.5) is 0 Å². The maximum absolute atomic E-state index is 11.6. The van der Waals surface area contributed by atoms with Gasteiger partial charge in [0.15, 0.2) is 5.78 Å². The highest BCUT2D eigenvalue weighted by Gasteiger charge is 2.07. The smallest absolute Gasteiger partial charge is 0.189 e. The minimum atomic E-state index is -0.0655. The zero-order chi connectivity index (χ0) is 10.4. The molecule has 0 N–H and O–H groups in total. The van der Waals surface area contributed by atoms with Crippen LogP contribution in [0.2, 0.25) is 0 Å². The van der Waals surface area contributed by atoms with Gasteiger partial charge in [-0.1, -0.05) is 19.1 Å². The molecule has 0 atom stereocenters. The lowest BCUT2D eigenvalue weighted by molar-refractivity contribution is 0.104. The highest BCUT2D eigenvalue weighted by Crippen LogP contribution is 2.17. The number of benzene rings is 1. The van der Waals surface area contributed by atoms with Gasteiger partial charge in [0.2, 0.25) is 0 Å². The zero-order valence-corrected chi connectivity index (χ0v) is 8.41. The third kappa shape index (κ3) is 2.46. The van der Waals surface area contributed by atoms with Crippen molar-refractivity contribution < 1.29 is 9.53 Å². The van der Waals surface area contributed by atoms with Crippen molar-refractivity contribution in [2.45, 2.75) is 13.3 Å². The van der Waals surface area contributed by atoms with Crippen LogP contribution in [0.5, 0.6) is 5.75 Å². The third-order valence-electron chi connectivity index (χ3n) is 1.81. The molecule has 0 heterocycles. The number of allylic oxidation sites excluding steroid dienone is 2. The summed E-state index contributed by atoms with van der Waals surface area (Å²) in [6.45, 7) is 1.94. The van der Waals surface area contributed by atoms with Crippen LogP contribution in [-0.2, 0) is 0 Å². The van der Waals surface area contributed by atoms with Crippen molar-refractivity contribution >= 4 is 5.78 Å². The average Bonchev–Trinajstić information content (AvgIpc) is 2.25. The predicted molar refractivity (Wildman–Crippen MR) is 55.4 cm³/mol. The van der Waals surface area contributed by atoms with Crippen LogP contribution in [0.15, 0.2) is 30.3 Å². The molecule has 0 bridgehead atoms. The molecule has 0 aliphatic carbocycles. The second-order valence-electron chi connectivity index (χ2n) is 2.77. The van der Waals surface area contributed by atoms with Gasteiger partial charge in [0, 0.05) is 0 Å². The van der Waals surface area contributed by atoms with Crippen molar-refractivity contribution in [1.29, 1.82) is 0 Å². The molecule has 0 amide bonds. The highest BCUT2D eigenvalue weighted by atomic mass is 16.5. The molecule has 0 saturated carbocycles. The Kier molecular flexibility index (Phi) is 3.92. The number of hydrogen-bond donors (Lipinski definition) is 0. The lowest BCUT2D eigenvalue weighted by atomic mass is 10.1. The normalized spacial score (nSPS) is 10.4. The Balaban J connectivity index is 2.94. The van der Waals surface area contributed by atoms with E-state index in [0.717, 1.165) is 6.42 Å². The molecule has 1 radical (unpaired) electrons. The first-order valence-corrected chi connectivity index (χ1v) is 4.53. The molecular weight excluding hydrogens is 176 g/mol. The summed E-state index contributed by atoms with van der Waals surface area (Å²) < 4.78 is 5.08. The van der Waals surface area contributed by atoms with E-state index in [1.54, 1.807) is 19.2 Å². The number of ether oxygens (including phenoxy) is 1. The number of ketones is 1. The largest absolute Gasteiger partial charge is 0.496 e. The number of rotatable bonds is 4. The molecule has 0 aliphatic heterocycles. The molecule has 0 spiro atoms. The maximum Gasteiger partial charge on any atom is 0.189 e. The SMILES string of the molecule is CC/[C]=C\C(=O)c1ccccc1OC. The van der Waals surface area contributed by atoms with Crippen molar-refractivity contribution in [3.05, 3.63) is 42.0 Å². The molecule has 0 aromatic heterocycles. The second kappa shape index (κ2) is 5.22. The van der Waals surface area contributed by atoms with Gasteiger partial charge in [-0.3, -0.25) is 4.79 Å². The summed E-state index contributed by atoms with van der Waals surface area (Å²) >= 11 is 0. The van der Waals surface area contributed by atoms with Crippen molar-refractivity contribution in [2.75, 3.05) is 7.11 Å². The first-order valence-electron chi connectivity index (χ1n) is 4.53. The van der Waals surface area contributed by atoms with Crippen LogP contribution in [-0.4, -0.2) is 12.9 Å². The molecule has 1 aromatic rings. The van der Waals surface area contributed by atoms with Gasteiger partial charge in [0.1, 0.15) is 5.75 Å². The van der Waals surface area contributed by atoms with E-state index < -0.39 is 0 Å². The molecular formula is C12H13O2. The molecule has 2 heteroatoms. The minimum Gasteiger partial charge on any atom is -0.496 e. The Morgan fingerprint density at radius 3 is 2.86 bits per heavy atom. The summed E-state index contributed by atoms with van der Waals surface area (Å²) in [7, 11) is 1.55. The topological polar surface area (TPSA) is 26.3 Å². The predicted octanol–water partition coefficient (Wildman–Crippen LogP) is 2.65. The zero-order valence-electron chi connectivity index (χ0n) is 8.41. The van der Waals surface area contributed by atoms with Gasteiger partial charge >= 0.3 is 0 Å². The highest BCUT2D eigenvalue weighted by molar-refractivity contribution is 6.06. The van der Waals surface area contributed by atoms with Crippen LogP contribution in [0.25, 0.3) is 0 Å². The Hall–Kier alpha value is -1.57. The number of carbonyl (C=O) groups is 1. The standard InChI is InChI=1S/C12H13O2/c1-3-4-8-11(13)10-7-5-6-9-12(10)14-2/h5-9H,3H2,1-2H3. The first-order chi connectivity index (χ1) is 6.79. The van der Waals surface area contributed by atoms with Crippen LogP contribution >= 0.6 is 0 Å². The molecule has 1 rings (SSSR count). The Bertz CT molecular complexity index is 340. The third-order valence-corrected chi connectivity index (χ3v) is 1.81. The van der Waals surface area contributed by atoms with E-state index in [4.69, 9.17) is 4.74 Å². The number of hydrogen-bond acceptors (Lipinski definition) is 2. The molecule has 0 saturated heterocycles. The Morgan fingerprint density at radius 2 is 2.21 bits per heavy atom. The number of para-hydroxylation sites is 1. The lowest BCUT2D eigenvalue weighted by Crippen LogP contribution is -1.98. The van der Waals surface area contributed by atoms with Gasteiger partial charge in [0.25, 0.3) is 0 Å². The van der Waals surface area contributed by atoms with E-state index in [2.05, 4.69) is 6.08 Å². The van der Waals surface area contributed by atoms with Gasteiger partial charge < -0.3 is 4.74 Å².